The van der Waals surface area contributed by atoms with Gasteiger partial charge in [0.1, 0.15) is 17.6 Å². The summed E-state index contributed by atoms with van der Waals surface area (Å²) in [6.07, 6.45) is -0.466. The van der Waals surface area contributed by atoms with E-state index in [1.165, 1.54) is 17.0 Å². The van der Waals surface area contributed by atoms with Gasteiger partial charge in [0.25, 0.3) is 0 Å². The number of pyridine rings is 1. The number of alkyl halides is 3. The maximum atomic E-state index is 13.5. The number of fused-ring (bicyclic) bond motifs is 1. The summed E-state index contributed by atoms with van der Waals surface area (Å²) in [6, 6.07) is 8.07. The number of aryl methyl sites for hydroxylation is 1. The molecule has 0 unspecified atom stereocenters. The molecule has 0 spiro atoms. The van der Waals surface area contributed by atoms with E-state index in [-0.39, 0.29) is 9.99 Å². The van der Waals surface area contributed by atoms with E-state index >= 15 is 0 Å². The summed E-state index contributed by atoms with van der Waals surface area (Å²) in [5.41, 5.74) is -0.963. The van der Waals surface area contributed by atoms with E-state index in [9.17, 15) is 18.0 Å². The second-order valence-corrected chi connectivity index (χ2v) is 8.41. The van der Waals surface area contributed by atoms with Crippen molar-refractivity contribution in [3.05, 3.63) is 81.0 Å². The molecule has 0 amide bonds. The molecule has 3 aromatic heterocycles. The van der Waals surface area contributed by atoms with Crippen molar-refractivity contribution >= 4 is 21.4 Å². The van der Waals surface area contributed by atoms with Gasteiger partial charge in [-0.1, -0.05) is 12.1 Å². The molecule has 0 bridgehead atoms. The van der Waals surface area contributed by atoms with E-state index < -0.39 is 22.8 Å². The highest BCUT2D eigenvalue weighted by atomic mass is 79.9. The zero-order valence-corrected chi connectivity index (χ0v) is 17.7. The first-order valence-corrected chi connectivity index (χ1v) is 10.0. The van der Waals surface area contributed by atoms with Crippen molar-refractivity contribution in [1.29, 1.82) is 0 Å². The second-order valence-electron chi connectivity index (χ2n) is 7.50. The van der Waals surface area contributed by atoms with Gasteiger partial charge in [0, 0.05) is 23.9 Å². The maximum absolute atomic E-state index is 13.5. The Kier molecular flexibility index (Phi) is 4.38. The number of benzene rings is 1. The van der Waals surface area contributed by atoms with Crippen LogP contribution in [0.5, 0.6) is 0 Å². The molecule has 5 rings (SSSR count). The first-order valence-electron chi connectivity index (χ1n) is 9.24. The molecule has 1 aromatic carbocycles. The number of nitrogens with zero attached hydrogens (tertiary/aromatic N) is 5. The van der Waals surface area contributed by atoms with Crippen molar-refractivity contribution in [3.63, 3.8) is 0 Å². The predicted octanol–water partition coefficient (Wildman–Crippen LogP) is 3.32. The number of hydrogen-bond donors (Lipinski definition) is 0. The molecule has 1 aliphatic rings. The largest absolute Gasteiger partial charge is 0.418 e. The zero-order valence-electron chi connectivity index (χ0n) is 16.1. The van der Waals surface area contributed by atoms with Gasteiger partial charge in [-0.15, -0.1) is 10.2 Å². The summed E-state index contributed by atoms with van der Waals surface area (Å²) in [4.78, 5) is 13.0. The van der Waals surface area contributed by atoms with Crippen molar-refractivity contribution in [3.8, 4) is 5.69 Å². The van der Waals surface area contributed by atoms with Crippen LogP contribution in [-0.4, -0.2) is 36.9 Å². The van der Waals surface area contributed by atoms with Crippen molar-refractivity contribution in [2.75, 3.05) is 13.2 Å². The highest BCUT2D eigenvalue weighted by molar-refractivity contribution is 9.10. The van der Waals surface area contributed by atoms with Crippen LogP contribution < -0.4 is 5.69 Å². The van der Waals surface area contributed by atoms with Crippen LogP contribution in [-0.2, 0) is 23.4 Å². The van der Waals surface area contributed by atoms with Gasteiger partial charge < -0.3 is 9.30 Å². The van der Waals surface area contributed by atoms with Gasteiger partial charge in [-0.2, -0.15) is 13.2 Å². The van der Waals surface area contributed by atoms with E-state index in [4.69, 9.17) is 4.74 Å². The normalized spacial score (nSPS) is 15.9. The van der Waals surface area contributed by atoms with Gasteiger partial charge in [-0.05, 0) is 39.7 Å². The molecule has 1 fully saturated rings. The van der Waals surface area contributed by atoms with Crippen LogP contribution in [0, 0.1) is 0 Å². The Hall–Kier alpha value is -2.92. The fraction of sp³-hybridized carbons (Fsp3) is 0.250. The fourth-order valence-corrected chi connectivity index (χ4v) is 4.40. The lowest BCUT2D eigenvalue weighted by Crippen LogP contribution is -2.49. The number of hydrogen-bond acceptors (Lipinski definition) is 4. The third-order valence-electron chi connectivity index (χ3n) is 5.55. The molecule has 31 heavy (non-hydrogen) atoms. The monoisotopic (exact) mass is 493 g/mol. The minimum absolute atomic E-state index is 0.161. The summed E-state index contributed by atoms with van der Waals surface area (Å²) in [7, 11) is 1.83. The van der Waals surface area contributed by atoms with Crippen LogP contribution in [0.1, 0.15) is 17.0 Å². The lowest BCUT2D eigenvalue weighted by atomic mass is 9.77. The number of imidazole rings is 1. The molecule has 160 valence electrons. The van der Waals surface area contributed by atoms with E-state index in [1.54, 1.807) is 29.1 Å². The lowest BCUT2D eigenvalue weighted by molar-refractivity contribution is -0.136. The van der Waals surface area contributed by atoms with Crippen LogP contribution >= 0.6 is 15.9 Å². The van der Waals surface area contributed by atoms with Crippen LogP contribution in [0.2, 0.25) is 0 Å². The average molecular weight is 494 g/mol. The van der Waals surface area contributed by atoms with E-state index in [0.29, 0.717) is 24.7 Å². The Bertz CT molecular complexity index is 1370. The fourth-order valence-electron chi connectivity index (χ4n) is 3.97. The summed E-state index contributed by atoms with van der Waals surface area (Å²) in [5, 5.41) is 8.17. The number of ether oxygens (including phenoxy) is 1. The molecular weight excluding hydrogens is 479 g/mol. The molecule has 1 aliphatic heterocycles. The molecule has 4 heterocycles. The first-order chi connectivity index (χ1) is 14.7. The minimum atomic E-state index is -4.60. The molecule has 0 aliphatic carbocycles. The van der Waals surface area contributed by atoms with Crippen LogP contribution in [0.15, 0.2) is 58.3 Å². The van der Waals surface area contributed by atoms with Crippen molar-refractivity contribution in [2.24, 2.45) is 7.05 Å². The topological polar surface area (TPSA) is 66.3 Å². The van der Waals surface area contributed by atoms with Gasteiger partial charge in [-0.25, -0.2) is 4.79 Å². The van der Waals surface area contributed by atoms with Gasteiger partial charge >= 0.3 is 11.9 Å². The van der Waals surface area contributed by atoms with Crippen LogP contribution in [0.3, 0.4) is 0 Å². The predicted molar refractivity (Wildman–Crippen MR) is 108 cm³/mol. The SMILES string of the molecule is Cn1cnnc1C1(c2cccc(-n3cc4c(C(F)(F)F)cc(Br)cn4c3=O)c2)COC1. The Labute approximate surface area is 181 Å². The molecular formula is C20H15BrF3N5O2. The van der Waals surface area contributed by atoms with Crippen molar-refractivity contribution < 1.29 is 17.9 Å². The van der Waals surface area contributed by atoms with Crippen LogP contribution in [0.4, 0.5) is 13.2 Å². The highest BCUT2D eigenvalue weighted by Crippen LogP contribution is 2.39. The third kappa shape index (κ3) is 3.02. The first kappa shape index (κ1) is 20.0. The van der Waals surface area contributed by atoms with E-state index in [0.717, 1.165) is 16.0 Å². The van der Waals surface area contributed by atoms with E-state index in [2.05, 4.69) is 26.1 Å². The Morgan fingerprint density at radius 1 is 1.19 bits per heavy atom. The minimum Gasteiger partial charge on any atom is -0.378 e. The Balaban J connectivity index is 1.69. The van der Waals surface area contributed by atoms with Crippen LogP contribution in [0.25, 0.3) is 11.2 Å². The van der Waals surface area contributed by atoms with Gasteiger partial charge in [0.05, 0.1) is 30.0 Å². The molecule has 1 saturated heterocycles. The second kappa shape index (κ2) is 6.79. The molecule has 0 radical (unpaired) electrons. The van der Waals surface area contributed by atoms with Gasteiger partial charge in [0.15, 0.2) is 0 Å². The molecule has 0 N–H and O–H groups in total. The van der Waals surface area contributed by atoms with Gasteiger partial charge in [-0.3, -0.25) is 8.97 Å². The Morgan fingerprint density at radius 2 is 1.97 bits per heavy atom. The Morgan fingerprint density at radius 3 is 2.58 bits per heavy atom. The smallest absolute Gasteiger partial charge is 0.378 e. The summed E-state index contributed by atoms with van der Waals surface area (Å²) >= 11 is 3.06. The summed E-state index contributed by atoms with van der Waals surface area (Å²) in [6.45, 7) is 0.779. The zero-order chi connectivity index (χ0) is 22.0. The number of rotatable bonds is 3. The van der Waals surface area contributed by atoms with Crippen molar-refractivity contribution in [2.45, 2.75) is 11.6 Å². The van der Waals surface area contributed by atoms with Gasteiger partial charge in [0.2, 0.25) is 0 Å². The lowest BCUT2D eigenvalue weighted by Gasteiger charge is -2.40. The van der Waals surface area contributed by atoms with Crippen molar-refractivity contribution in [1.82, 2.24) is 23.7 Å². The molecule has 4 aromatic rings. The molecule has 0 saturated carbocycles. The standard InChI is InChI=1S/C20H15BrF3N5O2/c1-27-11-25-26-17(27)19(9-31-10-19)12-3-2-4-14(5-12)28-8-16-15(20(22,23)24)6-13(21)7-29(16)18(28)30/h2-8,11H,9-10H2,1H3. The molecule has 0 atom stereocenters. The highest BCUT2D eigenvalue weighted by Gasteiger charge is 2.46. The molecule has 11 heteroatoms. The summed E-state index contributed by atoms with van der Waals surface area (Å²) in [5.74, 6) is 0.716. The van der Waals surface area contributed by atoms with E-state index in [1.807, 2.05) is 13.1 Å². The number of aromatic nitrogens is 5. The number of halogens is 4. The molecule has 7 nitrogen and oxygen atoms in total. The third-order valence-corrected chi connectivity index (χ3v) is 5.99. The maximum Gasteiger partial charge on any atom is 0.418 e. The quantitative estimate of drug-likeness (QED) is 0.439. The summed E-state index contributed by atoms with van der Waals surface area (Å²) < 4.78 is 50.2. The average Bonchev–Trinajstić information content (AvgIpc) is 3.24.